The van der Waals surface area contributed by atoms with Crippen molar-refractivity contribution in [3.8, 4) is 0 Å². The summed E-state index contributed by atoms with van der Waals surface area (Å²) in [6.07, 6.45) is 1.68. The summed E-state index contributed by atoms with van der Waals surface area (Å²) >= 11 is 2.22. The first-order valence-corrected chi connectivity index (χ1v) is 8.68. The van der Waals surface area contributed by atoms with Crippen LogP contribution in [0.3, 0.4) is 0 Å². The van der Waals surface area contributed by atoms with Crippen molar-refractivity contribution < 1.29 is 4.79 Å². The average molecular weight is 432 g/mol. The minimum atomic E-state index is -0.125. The van der Waals surface area contributed by atoms with Gasteiger partial charge in [0, 0.05) is 26.9 Å². The largest absolute Gasteiger partial charge is 0.338 e. The summed E-state index contributed by atoms with van der Waals surface area (Å²) in [6, 6.07) is 13.1. The van der Waals surface area contributed by atoms with E-state index in [9.17, 15) is 9.59 Å². The second kappa shape index (κ2) is 6.76. The maximum absolute atomic E-state index is 12.4. The van der Waals surface area contributed by atoms with E-state index in [2.05, 4.69) is 27.9 Å². The van der Waals surface area contributed by atoms with Gasteiger partial charge in [-0.2, -0.15) is 0 Å². The van der Waals surface area contributed by atoms with E-state index in [0.717, 1.165) is 25.9 Å². The fraction of sp³-hybridized carbons (Fsp3) is 0.158. The van der Waals surface area contributed by atoms with Gasteiger partial charge in [0.2, 0.25) is 5.91 Å². The van der Waals surface area contributed by atoms with Crippen LogP contribution in [-0.4, -0.2) is 10.5 Å². The zero-order chi connectivity index (χ0) is 17.3. The molecule has 0 fully saturated rings. The lowest BCUT2D eigenvalue weighted by molar-refractivity contribution is -0.116. The second-order valence-corrected chi connectivity index (χ2v) is 7.08. The molecule has 24 heavy (non-hydrogen) atoms. The van der Waals surface area contributed by atoms with Gasteiger partial charge in [0.15, 0.2) is 5.43 Å². The summed E-state index contributed by atoms with van der Waals surface area (Å²) < 4.78 is 2.93. The number of pyridine rings is 1. The van der Waals surface area contributed by atoms with E-state index in [4.69, 9.17) is 0 Å². The van der Waals surface area contributed by atoms with Crippen molar-refractivity contribution in [1.29, 1.82) is 0 Å². The third kappa shape index (κ3) is 3.51. The highest BCUT2D eigenvalue weighted by Crippen LogP contribution is 2.18. The Hall–Kier alpha value is -2.15. The van der Waals surface area contributed by atoms with Gasteiger partial charge >= 0.3 is 0 Å². The molecule has 0 bridgehead atoms. The molecule has 3 rings (SSSR count). The van der Waals surface area contributed by atoms with E-state index in [1.54, 1.807) is 6.20 Å². The molecule has 0 atom stereocenters. The van der Waals surface area contributed by atoms with Crippen molar-refractivity contribution in [2.75, 3.05) is 5.32 Å². The fourth-order valence-electron chi connectivity index (χ4n) is 2.84. The van der Waals surface area contributed by atoms with Gasteiger partial charge in [-0.25, -0.2) is 0 Å². The SMILES string of the molecule is Cc1cc(C)c2c(=O)ccn(CC(=O)Nc3ccc(I)cc3)c2c1. The molecular formula is C19H17IN2O2. The first-order valence-electron chi connectivity index (χ1n) is 7.60. The first-order chi connectivity index (χ1) is 11.4. The van der Waals surface area contributed by atoms with Gasteiger partial charge in [-0.15, -0.1) is 0 Å². The van der Waals surface area contributed by atoms with Gasteiger partial charge in [-0.3, -0.25) is 9.59 Å². The lowest BCUT2D eigenvalue weighted by Crippen LogP contribution is -2.20. The molecule has 1 N–H and O–H groups in total. The van der Waals surface area contributed by atoms with Gasteiger partial charge in [0.25, 0.3) is 0 Å². The molecule has 0 radical (unpaired) electrons. The number of fused-ring (bicyclic) bond motifs is 1. The number of anilines is 1. The van der Waals surface area contributed by atoms with E-state index < -0.39 is 0 Å². The van der Waals surface area contributed by atoms with Crippen LogP contribution in [0.5, 0.6) is 0 Å². The van der Waals surface area contributed by atoms with Crippen LogP contribution < -0.4 is 10.7 Å². The third-order valence-electron chi connectivity index (χ3n) is 3.86. The Bertz CT molecular complexity index is 975. The second-order valence-electron chi connectivity index (χ2n) is 5.84. The molecular weight excluding hydrogens is 415 g/mol. The number of amides is 1. The lowest BCUT2D eigenvalue weighted by Gasteiger charge is -2.13. The molecule has 2 aromatic carbocycles. The number of benzene rings is 2. The van der Waals surface area contributed by atoms with Crippen molar-refractivity contribution in [3.05, 3.63) is 73.6 Å². The number of carbonyl (C=O) groups excluding carboxylic acids is 1. The topological polar surface area (TPSA) is 51.1 Å². The Balaban J connectivity index is 1.92. The van der Waals surface area contributed by atoms with Crippen LogP contribution in [0.15, 0.2) is 53.5 Å². The van der Waals surface area contributed by atoms with Crippen LogP contribution in [0, 0.1) is 17.4 Å². The molecule has 122 valence electrons. The van der Waals surface area contributed by atoms with Gasteiger partial charge in [0.05, 0.1) is 5.52 Å². The predicted octanol–water partition coefficient (Wildman–Crippen LogP) is 3.86. The first kappa shape index (κ1) is 16.7. The Labute approximate surface area is 153 Å². The number of aryl methyl sites for hydroxylation is 2. The Morgan fingerprint density at radius 2 is 1.83 bits per heavy atom. The van der Waals surface area contributed by atoms with Crippen LogP contribution in [0.1, 0.15) is 11.1 Å². The summed E-state index contributed by atoms with van der Waals surface area (Å²) in [5.41, 5.74) is 3.53. The number of nitrogens with zero attached hydrogens (tertiary/aromatic N) is 1. The monoisotopic (exact) mass is 432 g/mol. The molecule has 0 aliphatic rings. The molecule has 0 aliphatic heterocycles. The van der Waals surface area contributed by atoms with E-state index >= 15 is 0 Å². The van der Waals surface area contributed by atoms with Gasteiger partial charge in [-0.05, 0) is 77.9 Å². The summed E-state index contributed by atoms with van der Waals surface area (Å²) in [5.74, 6) is -0.125. The number of hydrogen-bond donors (Lipinski definition) is 1. The number of carbonyl (C=O) groups is 1. The van der Waals surface area contributed by atoms with Gasteiger partial charge in [0.1, 0.15) is 6.54 Å². The Morgan fingerprint density at radius 3 is 2.54 bits per heavy atom. The van der Waals surface area contributed by atoms with Crippen molar-refractivity contribution in [2.24, 2.45) is 0 Å². The smallest absolute Gasteiger partial charge is 0.244 e. The van der Waals surface area contributed by atoms with Crippen molar-refractivity contribution in [1.82, 2.24) is 4.57 Å². The maximum atomic E-state index is 12.4. The molecule has 1 amide bonds. The molecule has 1 heterocycles. The van der Waals surface area contributed by atoms with Crippen LogP contribution in [-0.2, 0) is 11.3 Å². The molecule has 4 nitrogen and oxygen atoms in total. The summed E-state index contributed by atoms with van der Waals surface area (Å²) in [7, 11) is 0. The Morgan fingerprint density at radius 1 is 1.12 bits per heavy atom. The van der Waals surface area contributed by atoms with Crippen LogP contribution in [0.4, 0.5) is 5.69 Å². The normalized spacial score (nSPS) is 10.8. The predicted molar refractivity (Wildman–Crippen MR) is 105 cm³/mol. The molecule has 0 spiro atoms. The number of hydrogen-bond acceptors (Lipinski definition) is 2. The third-order valence-corrected chi connectivity index (χ3v) is 4.58. The van der Waals surface area contributed by atoms with E-state index in [-0.39, 0.29) is 17.9 Å². The number of rotatable bonds is 3. The van der Waals surface area contributed by atoms with Gasteiger partial charge in [-0.1, -0.05) is 6.07 Å². The molecule has 0 saturated carbocycles. The molecule has 3 aromatic rings. The number of nitrogens with one attached hydrogen (secondary N) is 1. The Kier molecular flexibility index (Phi) is 4.71. The molecule has 0 saturated heterocycles. The lowest BCUT2D eigenvalue weighted by atomic mass is 10.1. The highest BCUT2D eigenvalue weighted by Gasteiger charge is 2.10. The standard InChI is InChI=1S/C19H17IN2O2/c1-12-9-13(2)19-16(10-12)22(8-7-17(19)23)11-18(24)21-15-5-3-14(20)4-6-15/h3-10H,11H2,1-2H3,(H,21,24). The minimum Gasteiger partial charge on any atom is -0.338 e. The van der Waals surface area contributed by atoms with Crippen LogP contribution in [0.2, 0.25) is 0 Å². The summed E-state index contributed by atoms with van der Waals surface area (Å²) in [6.45, 7) is 4.07. The van der Waals surface area contributed by atoms with Crippen molar-refractivity contribution >= 4 is 45.1 Å². The van der Waals surface area contributed by atoms with E-state index in [1.807, 2.05) is 54.8 Å². The highest BCUT2D eigenvalue weighted by molar-refractivity contribution is 14.1. The highest BCUT2D eigenvalue weighted by atomic mass is 127. The maximum Gasteiger partial charge on any atom is 0.244 e. The molecule has 0 unspecified atom stereocenters. The zero-order valence-corrected chi connectivity index (χ0v) is 15.6. The fourth-order valence-corrected chi connectivity index (χ4v) is 3.20. The van der Waals surface area contributed by atoms with Gasteiger partial charge < -0.3 is 9.88 Å². The van der Waals surface area contributed by atoms with Crippen molar-refractivity contribution in [3.63, 3.8) is 0 Å². The summed E-state index contributed by atoms with van der Waals surface area (Å²) in [4.78, 5) is 24.5. The summed E-state index contributed by atoms with van der Waals surface area (Å²) in [5, 5.41) is 3.56. The molecule has 1 aromatic heterocycles. The quantitative estimate of drug-likeness (QED) is 0.640. The minimum absolute atomic E-state index is 0.0169. The average Bonchev–Trinajstić information content (AvgIpc) is 2.52. The number of aromatic nitrogens is 1. The molecule has 5 heteroatoms. The van der Waals surface area contributed by atoms with Crippen molar-refractivity contribution in [2.45, 2.75) is 20.4 Å². The van der Waals surface area contributed by atoms with Crippen LogP contribution >= 0.6 is 22.6 Å². The zero-order valence-electron chi connectivity index (χ0n) is 13.5. The number of halogens is 1. The van der Waals surface area contributed by atoms with E-state index in [1.165, 1.54) is 6.07 Å². The molecule has 0 aliphatic carbocycles. The van der Waals surface area contributed by atoms with Crippen LogP contribution in [0.25, 0.3) is 10.9 Å². The van der Waals surface area contributed by atoms with E-state index in [0.29, 0.717) is 5.39 Å².